The van der Waals surface area contributed by atoms with E-state index in [1.807, 2.05) is 12.1 Å². The molecule has 0 aliphatic rings. The SMILES string of the molecule is COc1cc(C=CC(=O)Nc2c(C)noc2C)cc(OC)c1. The molecular weight excluding hydrogens is 284 g/mol. The van der Waals surface area contributed by atoms with Crippen LogP contribution in [0.15, 0.2) is 28.8 Å². The molecule has 1 aromatic carbocycles. The van der Waals surface area contributed by atoms with Gasteiger partial charge < -0.3 is 19.3 Å². The van der Waals surface area contributed by atoms with Gasteiger partial charge in [0.25, 0.3) is 0 Å². The molecule has 0 saturated heterocycles. The molecule has 2 rings (SSSR count). The monoisotopic (exact) mass is 302 g/mol. The van der Waals surface area contributed by atoms with Gasteiger partial charge in [-0.3, -0.25) is 4.79 Å². The first-order valence-corrected chi connectivity index (χ1v) is 6.68. The fourth-order valence-corrected chi connectivity index (χ4v) is 1.92. The van der Waals surface area contributed by atoms with Crippen molar-refractivity contribution in [1.29, 1.82) is 0 Å². The molecule has 1 N–H and O–H groups in total. The van der Waals surface area contributed by atoms with E-state index in [9.17, 15) is 4.79 Å². The van der Waals surface area contributed by atoms with E-state index in [0.717, 1.165) is 5.56 Å². The van der Waals surface area contributed by atoms with Crippen LogP contribution in [-0.4, -0.2) is 25.3 Å². The van der Waals surface area contributed by atoms with Crippen molar-refractivity contribution < 1.29 is 18.8 Å². The van der Waals surface area contributed by atoms with Gasteiger partial charge >= 0.3 is 0 Å². The molecule has 0 aliphatic carbocycles. The number of ether oxygens (including phenoxy) is 2. The van der Waals surface area contributed by atoms with Crippen molar-refractivity contribution in [2.24, 2.45) is 0 Å². The topological polar surface area (TPSA) is 73.6 Å². The van der Waals surface area contributed by atoms with Crippen LogP contribution in [0.5, 0.6) is 11.5 Å². The van der Waals surface area contributed by atoms with Crippen LogP contribution < -0.4 is 14.8 Å². The Morgan fingerprint density at radius 2 is 1.82 bits per heavy atom. The first kappa shape index (κ1) is 15.6. The van der Waals surface area contributed by atoms with Crippen molar-refractivity contribution in [3.8, 4) is 11.5 Å². The predicted molar refractivity (Wildman–Crippen MR) is 83.2 cm³/mol. The Morgan fingerprint density at radius 1 is 1.18 bits per heavy atom. The third kappa shape index (κ3) is 3.66. The van der Waals surface area contributed by atoms with E-state index in [-0.39, 0.29) is 5.91 Å². The van der Waals surface area contributed by atoms with Gasteiger partial charge in [-0.1, -0.05) is 5.16 Å². The number of anilines is 1. The highest BCUT2D eigenvalue weighted by Gasteiger charge is 2.10. The van der Waals surface area contributed by atoms with Crippen LogP contribution in [0, 0.1) is 13.8 Å². The zero-order chi connectivity index (χ0) is 16.1. The zero-order valence-electron chi connectivity index (χ0n) is 13.0. The molecule has 0 spiro atoms. The summed E-state index contributed by atoms with van der Waals surface area (Å²) in [5, 5.41) is 6.53. The van der Waals surface area contributed by atoms with Gasteiger partial charge in [-0.2, -0.15) is 0 Å². The van der Waals surface area contributed by atoms with E-state index < -0.39 is 0 Å². The second kappa shape index (κ2) is 6.80. The summed E-state index contributed by atoms with van der Waals surface area (Å²) in [4.78, 5) is 12.0. The molecule has 6 nitrogen and oxygen atoms in total. The average molecular weight is 302 g/mol. The molecule has 1 heterocycles. The number of hydrogen-bond acceptors (Lipinski definition) is 5. The number of carbonyl (C=O) groups is 1. The minimum Gasteiger partial charge on any atom is -0.497 e. The highest BCUT2D eigenvalue weighted by atomic mass is 16.5. The van der Waals surface area contributed by atoms with Gasteiger partial charge in [0, 0.05) is 12.1 Å². The molecule has 0 fully saturated rings. The lowest BCUT2D eigenvalue weighted by Gasteiger charge is -2.05. The number of aryl methyl sites for hydroxylation is 2. The van der Waals surface area contributed by atoms with Crippen molar-refractivity contribution in [3.63, 3.8) is 0 Å². The molecule has 0 aliphatic heterocycles. The van der Waals surface area contributed by atoms with Crippen LogP contribution in [0.25, 0.3) is 6.08 Å². The van der Waals surface area contributed by atoms with Crippen LogP contribution in [0.4, 0.5) is 5.69 Å². The van der Waals surface area contributed by atoms with E-state index in [1.165, 1.54) is 6.08 Å². The maximum absolute atomic E-state index is 12.0. The Bertz CT molecular complexity index is 662. The molecule has 0 saturated carbocycles. The highest BCUT2D eigenvalue weighted by Crippen LogP contribution is 2.23. The fraction of sp³-hybridized carbons (Fsp3) is 0.250. The Balaban J connectivity index is 2.13. The highest BCUT2D eigenvalue weighted by molar-refractivity contribution is 6.02. The van der Waals surface area contributed by atoms with Gasteiger partial charge in [-0.25, -0.2) is 0 Å². The lowest BCUT2D eigenvalue weighted by Crippen LogP contribution is -2.08. The number of carbonyl (C=O) groups excluding carboxylic acids is 1. The van der Waals surface area contributed by atoms with E-state index >= 15 is 0 Å². The van der Waals surface area contributed by atoms with E-state index in [1.54, 1.807) is 40.2 Å². The van der Waals surface area contributed by atoms with Crippen molar-refractivity contribution in [3.05, 3.63) is 41.3 Å². The van der Waals surface area contributed by atoms with Crippen LogP contribution in [0.2, 0.25) is 0 Å². The standard InChI is InChI=1S/C16H18N2O4/c1-10-16(11(2)22-18-10)17-15(19)6-5-12-7-13(20-3)9-14(8-12)21-4/h5-9H,1-4H3,(H,17,19). The number of rotatable bonds is 5. The molecule has 0 atom stereocenters. The Kier molecular flexibility index (Phi) is 4.83. The van der Waals surface area contributed by atoms with E-state index in [4.69, 9.17) is 14.0 Å². The number of aromatic nitrogens is 1. The minimum absolute atomic E-state index is 0.267. The summed E-state index contributed by atoms with van der Waals surface area (Å²) >= 11 is 0. The second-order valence-corrected chi connectivity index (χ2v) is 4.67. The molecule has 1 aromatic heterocycles. The number of benzene rings is 1. The Morgan fingerprint density at radius 3 is 2.32 bits per heavy atom. The van der Waals surface area contributed by atoms with Gasteiger partial charge in [-0.15, -0.1) is 0 Å². The Labute approximate surface area is 128 Å². The average Bonchev–Trinajstić information content (AvgIpc) is 2.84. The van der Waals surface area contributed by atoms with Crippen LogP contribution >= 0.6 is 0 Å². The van der Waals surface area contributed by atoms with Gasteiger partial charge in [0.1, 0.15) is 22.9 Å². The van der Waals surface area contributed by atoms with Crippen LogP contribution in [0.1, 0.15) is 17.0 Å². The van der Waals surface area contributed by atoms with Crippen molar-refractivity contribution >= 4 is 17.7 Å². The lowest BCUT2D eigenvalue weighted by atomic mass is 10.2. The fourth-order valence-electron chi connectivity index (χ4n) is 1.92. The number of nitrogens with zero attached hydrogens (tertiary/aromatic N) is 1. The third-order valence-corrected chi connectivity index (χ3v) is 3.08. The Hall–Kier alpha value is -2.76. The van der Waals surface area contributed by atoms with Crippen molar-refractivity contribution in [2.45, 2.75) is 13.8 Å². The normalized spacial score (nSPS) is 10.7. The maximum Gasteiger partial charge on any atom is 0.248 e. The molecule has 2 aromatic rings. The van der Waals surface area contributed by atoms with Gasteiger partial charge in [0.2, 0.25) is 5.91 Å². The molecule has 116 valence electrons. The van der Waals surface area contributed by atoms with Crippen LogP contribution in [0.3, 0.4) is 0 Å². The smallest absolute Gasteiger partial charge is 0.248 e. The first-order chi connectivity index (χ1) is 10.5. The number of amides is 1. The molecular formula is C16H18N2O4. The first-order valence-electron chi connectivity index (χ1n) is 6.68. The van der Waals surface area contributed by atoms with E-state index in [2.05, 4.69) is 10.5 Å². The minimum atomic E-state index is -0.267. The van der Waals surface area contributed by atoms with Gasteiger partial charge in [0.05, 0.1) is 14.2 Å². The summed E-state index contributed by atoms with van der Waals surface area (Å²) < 4.78 is 15.4. The van der Waals surface area contributed by atoms with E-state index in [0.29, 0.717) is 28.6 Å². The maximum atomic E-state index is 12.0. The lowest BCUT2D eigenvalue weighted by molar-refractivity contribution is -0.111. The summed E-state index contributed by atoms with van der Waals surface area (Å²) in [5.74, 6) is 1.62. The summed E-state index contributed by atoms with van der Waals surface area (Å²) in [6.07, 6.45) is 3.11. The van der Waals surface area contributed by atoms with Gasteiger partial charge in [0.15, 0.2) is 5.76 Å². The second-order valence-electron chi connectivity index (χ2n) is 4.67. The molecule has 1 amide bonds. The summed E-state index contributed by atoms with van der Waals surface area (Å²) in [7, 11) is 3.15. The molecule has 0 bridgehead atoms. The molecule has 6 heteroatoms. The summed E-state index contributed by atoms with van der Waals surface area (Å²) in [5.41, 5.74) is 2.03. The van der Waals surface area contributed by atoms with Crippen LogP contribution in [-0.2, 0) is 4.79 Å². The third-order valence-electron chi connectivity index (χ3n) is 3.08. The molecule has 0 radical (unpaired) electrons. The van der Waals surface area contributed by atoms with Crippen molar-refractivity contribution in [2.75, 3.05) is 19.5 Å². The molecule has 22 heavy (non-hydrogen) atoms. The summed E-state index contributed by atoms with van der Waals surface area (Å²) in [6.45, 7) is 3.51. The number of hydrogen-bond donors (Lipinski definition) is 1. The number of methoxy groups -OCH3 is 2. The zero-order valence-corrected chi connectivity index (χ0v) is 13.0. The number of nitrogens with one attached hydrogen (secondary N) is 1. The largest absolute Gasteiger partial charge is 0.497 e. The quantitative estimate of drug-likeness (QED) is 0.860. The van der Waals surface area contributed by atoms with Gasteiger partial charge in [-0.05, 0) is 37.6 Å². The van der Waals surface area contributed by atoms with Crippen molar-refractivity contribution in [1.82, 2.24) is 5.16 Å². The predicted octanol–water partition coefficient (Wildman–Crippen LogP) is 2.96. The molecule has 0 unspecified atom stereocenters. The summed E-state index contributed by atoms with van der Waals surface area (Å²) in [6, 6.07) is 5.38.